The molecule has 0 saturated carbocycles. The van der Waals surface area contributed by atoms with Gasteiger partial charge in [-0.15, -0.1) is 5.10 Å². The molecular formula is C25H14N4O4. The van der Waals surface area contributed by atoms with Crippen LogP contribution in [0.25, 0.3) is 27.9 Å². The van der Waals surface area contributed by atoms with Crippen LogP contribution in [0.1, 0.15) is 20.7 Å². The third-order valence-corrected chi connectivity index (χ3v) is 5.56. The van der Waals surface area contributed by atoms with Crippen LogP contribution >= 0.6 is 0 Å². The van der Waals surface area contributed by atoms with Crippen molar-refractivity contribution in [2.24, 2.45) is 0 Å². The van der Waals surface area contributed by atoms with Crippen LogP contribution in [0.2, 0.25) is 0 Å². The van der Waals surface area contributed by atoms with Crippen LogP contribution in [-0.4, -0.2) is 26.8 Å². The number of hydrogen-bond acceptors (Lipinski definition) is 6. The average molecular weight is 434 g/mol. The van der Waals surface area contributed by atoms with E-state index in [1.807, 2.05) is 30.3 Å². The second-order valence-corrected chi connectivity index (χ2v) is 7.55. The number of rotatable bonds is 3. The molecule has 1 aliphatic heterocycles. The second-order valence-electron chi connectivity index (χ2n) is 7.55. The van der Waals surface area contributed by atoms with Crippen molar-refractivity contribution in [3.8, 4) is 16.9 Å². The number of amides is 2. The van der Waals surface area contributed by atoms with Gasteiger partial charge in [-0.25, -0.2) is 14.4 Å². The van der Waals surface area contributed by atoms with Gasteiger partial charge in [0.2, 0.25) is 0 Å². The summed E-state index contributed by atoms with van der Waals surface area (Å²) in [5, 5.41) is 8.81. The zero-order chi connectivity index (χ0) is 22.5. The van der Waals surface area contributed by atoms with Crippen LogP contribution in [-0.2, 0) is 0 Å². The molecule has 3 heterocycles. The molecule has 3 aromatic carbocycles. The fraction of sp³-hybridized carbons (Fsp3) is 0. The smallest absolute Gasteiger partial charge is 0.362 e. The number of hydrogen-bond donors (Lipinski definition) is 0. The highest BCUT2D eigenvalue weighted by Crippen LogP contribution is 2.30. The summed E-state index contributed by atoms with van der Waals surface area (Å²) in [5.41, 5.74) is 2.35. The van der Waals surface area contributed by atoms with Gasteiger partial charge in [0, 0.05) is 17.0 Å². The lowest BCUT2D eigenvalue weighted by Gasteiger charge is -2.14. The van der Waals surface area contributed by atoms with E-state index in [-0.39, 0.29) is 11.3 Å². The molecule has 0 atom stereocenters. The standard InChI is InChI=1S/C25H14N4O4/c30-23-18-8-4-5-9-19(18)24(31)29(23)17-11-10-16-12-21(25(32)33-22(16)13-17)28-14-20(26-27-28)15-6-2-1-3-7-15/h1-14H. The van der Waals surface area contributed by atoms with Crippen molar-refractivity contribution < 1.29 is 14.0 Å². The minimum Gasteiger partial charge on any atom is -0.421 e. The summed E-state index contributed by atoms with van der Waals surface area (Å²) in [6.45, 7) is 0. The lowest BCUT2D eigenvalue weighted by molar-refractivity contribution is 0.0926. The molecule has 8 heteroatoms. The Balaban J connectivity index is 1.39. The first-order valence-electron chi connectivity index (χ1n) is 10.1. The Morgan fingerprint density at radius 3 is 2.18 bits per heavy atom. The van der Waals surface area contributed by atoms with Crippen LogP contribution < -0.4 is 10.5 Å². The van der Waals surface area contributed by atoms with E-state index in [0.29, 0.717) is 27.9 Å². The number of imide groups is 1. The summed E-state index contributed by atoms with van der Waals surface area (Å²) in [7, 11) is 0. The molecule has 0 aliphatic carbocycles. The van der Waals surface area contributed by atoms with Crippen molar-refractivity contribution in [1.82, 2.24) is 15.0 Å². The van der Waals surface area contributed by atoms with Gasteiger partial charge in [0.15, 0.2) is 5.69 Å². The first-order valence-corrected chi connectivity index (χ1v) is 10.1. The molecule has 0 radical (unpaired) electrons. The molecule has 0 unspecified atom stereocenters. The highest BCUT2D eigenvalue weighted by atomic mass is 16.4. The Morgan fingerprint density at radius 1 is 0.758 bits per heavy atom. The fourth-order valence-electron chi connectivity index (χ4n) is 3.93. The van der Waals surface area contributed by atoms with Crippen LogP contribution in [0.3, 0.4) is 0 Å². The monoisotopic (exact) mass is 434 g/mol. The van der Waals surface area contributed by atoms with Crippen LogP contribution in [0.5, 0.6) is 0 Å². The van der Waals surface area contributed by atoms with E-state index in [9.17, 15) is 14.4 Å². The molecule has 158 valence electrons. The molecule has 2 amide bonds. The Labute approximate surface area is 186 Å². The van der Waals surface area contributed by atoms with Crippen molar-refractivity contribution >= 4 is 28.5 Å². The topological polar surface area (TPSA) is 98.3 Å². The molecule has 33 heavy (non-hydrogen) atoms. The molecule has 2 aromatic heterocycles. The lowest BCUT2D eigenvalue weighted by Crippen LogP contribution is -2.29. The summed E-state index contributed by atoms with van der Waals surface area (Å²) in [4.78, 5) is 39.3. The van der Waals surface area contributed by atoms with Crippen molar-refractivity contribution in [1.29, 1.82) is 0 Å². The van der Waals surface area contributed by atoms with Gasteiger partial charge in [-0.05, 0) is 30.3 Å². The van der Waals surface area contributed by atoms with E-state index in [2.05, 4.69) is 10.3 Å². The highest BCUT2D eigenvalue weighted by molar-refractivity contribution is 6.34. The van der Waals surface area contributed by atoms with Gasteiger partial charge in [0.25, 0.3) is 11.8 Å². The van der Waals surface area contributed by atoms with Gasteiger partial charge >= 0.3 is 5.63 Å². The third kappa shape index (κ3) is 2.96. The van der Waals surface area contributed by atoms with Gasteiger partial charge in [0.1, 0.15) is 11.3 Å². The first kappa shape index (κ1) is 18.9. The summed E-state index contributed by atoms with van der Waals surface area (Å²) in [5.74, 6) is -0.824. The number of carbonyl (C=O) groups is 2. The number of anilines is 1. The molecule has 6 rings (SSSR count). The number of nitrogens with zero attached hydrogens (tertiary/aromatic N) is 4. The van der Waals surface area contributed by atoms with Crippen molar-refractivity contribution in [2.75, 3.05) is 4.90 Å². The first-order chi connectivity index (χ1) is 16.1. The fourth-order valence-corrected chi connectivity index (χ4v) is 3.93. The SMILES string of the molecule is O=C1c2ccccc2C(=O)N1c1ccc2cc(-n3cc(-c4ccccc4)nn3)c(=O)oc2c1. The summed E-state index contributed by atoms with van der Waals surface area (Å²) < 4.78 is 6.88. The summed E-state index contributed by atoms with van der Waals surface area (Å²) in [6.07, 6.45) is 1.65. The minimum atomic E-state index is -0.619. The lowest BCUT2D eigenvalue weighted by atomic mass is 10.1. The average Bonchev–Trinajstić information content (AvgIpc) is 3.43. The summed E-state index contributed by atoms with van der Waals surface area (Å²) in [6, 6.07) is 22.6. The Kier molecular flexibility index (Phi) is 4.06. The van der Waals surface area contributed by atoms with Crippen molar-refractivity contribution in [3.63, 3.8) is 0 Å². The van der Waals surface area contributed by atoms with E-state index >= 15 is 0 Å². The molecular weight excluding hydrogens is 420 g/mol. The maximum absolute atomic E-state index is 12.8. The number of benzene rings is 3. The largest absolute Gasteiger partial charge is 0.421 e. The summed E-state index contributed by atoms with van der Waals surface area (Å²) >= 11 is 0. The quantitative estimate of drug-likeness (QED) is 0.316. The predicted octanol–water partition coefficient (Wildman–Crippen LogP) is 3.84. The normalized spacial score (nSPS) is 13.0. The zero-order valence-electron chi connectivity index (χ0n) is 17.0. The molecule has 0 fully saturated rings. The maximum atomic E-state index is 12.8. The number of fused-ring (bicyclic) bond motifs is 2. The van der Waals surface area contributed by atoms with E-state index in [1.54, 1.807) is 48.7 Å². The Hall–Kier alpha value is -4.85. The van der Waals surface area contributed by atoms with Gasteiger partial charge in [0.05, 0.1) is 23.0 Å². The molecule has 1 aliphatic rings. The van der Waals surface area contributed by atoms with Gasteiger partial charge < -0.3 is 4.42 Å². The number of aromatic nitrogens is 3. The van der Waals surface area contributed by atoms with E-state index in [0.717, 1.165) is 10.5 Å². The highest BCUT2D eigenvalue weighted by Gasteiger charge is 2.36. The van der Waals surface area contributed by atoms with Gasteiger partial charge in [-0.3, -0.25) is 9.59 Å². The van der Waals surface area contributed by atoms with Crippen LogP contribution in [0.15, 0.2) is 94.3 Å². The minimum absolute atomic E-state index is 0.200. The van der Waals surface area contributed by atoms with Crippen LogP contribution in [0, 0.1) is 0 Å². The predicted molar refractivity (Wildman–Crippen MR) is 120 cm³/mol. The van der Waals surface area contributed by atoms with Crippen molar-refractivity contribution in [3.05, 3.63) is 107 Å². The maximum Gasteiger partial charge on any atom is 0.362 e. The molecule has 0 saturated heterocycles. The van der Waals surface area contributed by atoms with Crippen LogP contribution in [0.4, 0.5) is 5.69 Å². The molecule has 0 bridgehead atoms. The van der Waals surface area contributed by atoms with Crippen molar-refractivity contribution in [2.45, 2.75) is 0 Å². The second kappa shape index (κ2) is 7.10. The molecule has 8 nitrogen and oxygen atoms in total. The van der Waals surface area contributed by atoms with E-state index in [1.165, 1.54) is 10.7 Å². The van der Waals surface area contributed by atoms with E-state index in [4.69, 9.17) is 4.42 Å². The van der Waals surface area contributed by atoms with E-state index < -0.39 is 17.4 Å². The Morgan fingerprint density at radius 2 is 1.45 bits per heavy atom. The molecule has 0 N–H and O–H groups in total. The van der Waals surface area contributed by atoms with Gasteiger partial charge in [-0.1, -0.05) is 47.7 Å². The van der Waals surface area contributed by atoms with Gasteiger partial charge in [-0.2, -0.15) is 0 Å². The Bertz CT molecular complexity index is 1600. The molecule has 0 spiro atoms. The number of carbonyl (C=O) groups excluding carboxylic acids is 2. The molecule has 5 aromatic rings. The zero-order valence-corrected chi connectivity index (χ0v) is 17.0. The third-order valence-electron chi connectivity index (χ3n) is 5.56.